The van der Waals surface area contributed by atoms with E-state index in [0.717, 1.165) is 32.9 Å². The Morgan fingerprint density at radius 3 is 3.00 bits per heavy atom. The van der Waals surface area contributed by atoms with Crippen molar-refractivity contribution in [3.63, 3.8) is 0 Å². The second-order valence-corrected chi connectivity index (χ2v) is 6.22. The zero-order valence-corrected chi connectivity index (χ0v) is 12.1. The van der Waals surface area contributed by atoms with Crippen LogP contribution >= 0.6 is 0 Å². The van der Waals surface area contributed by atoms with E-state index in [-0.39, 0.29) is 0 Å². The highest BCUT2D eigenvalue weighted by atomic mass is 16.5. The van der Waals surface area contributed by atoms with Crippen LogP contribution in [0.5, 0.6) is 0 Å². The number of rotatable bonds is 4. The van der Waals surface area contributed by atoms with Crippen molar-refractivity contribution in [1.82, 2.24) is 10.2 Å². The number of ether oxygens (including phenoxy) is 2. The molecule has 3 rings (SSSR count). The average molecular weight is 268 g/mol. The van der Waals surface area contributed by atoms with Crippen LogP contribution in [-0.4, -0.2) is 62.5 Å². The number of nitrogens with zero attached hydrogens (tertiary/aromatic N) is 1. The molecule has 2 saturated heterocycles. The molecule has 4 unspecified atom stereocenters. The molecule has 1 N–H and O–H groups in total. The van der Waals surface area contributed by atoms with Crippen molar-refractivity contribution in [3.05, 3.63) is 0 Å². The molecule has 0 radical (unpaired) electrons. The quantitative estimate of drug-likeness (QED) is 0.832. The summed E-state index contributed by atoms with van der Waals surface area (Å²) in [7, 11) is 0. The predicted molar refractivity (Wildman–Crippen MR) is 75.3 cm³/mol. The Bertz CT molecular complexity index is 285. The molecule has 1 aliphatic carbocycles. The van der Waals surface area contributed by atoms with Crippen LogP contribution < -0.4 is 5.32 Å². The van der Waals surface area contributed by atoms with E-state index in [1.165, 1.54) is 32.2 Å². The Kier molecular flexibility index (Phi) is 4.74. The summed E-state index contributed by atoms with van der Waals surface area (Å²) in [6, 6.07) is 1.22. The number of hydrogen-bond acceptors (Lipinski definition) is 4. The van der Waals surface area contributed by atoms with E-state index in [0.29, 0.717) is 24.1 Å². The number of likely N-dealkylation sites (N-methyl/N-ethyl adjacent to an activating group) is 1. The largest absolute Gasteiger partial charge is 0.379 e. The zero-order chi connectivity index (χ0) is 13.1. The van der Waals surface area contributed by atoms with Crippen LogP contribution in [0, 0.1) is 5.92 Å². The number of hydrogen-bond donors (Lipinski definition) is 1. The predicted octanol–water partition coefficient (Wildman–Crippen LogP) is 1.25. The molecule has 4 nitrogen and oxygen atoms in total. The molecule has 0 spiro atoms. The van der Waals surface area contributed by atoms with Crippen LogP contribution in [0.1, 0.15) is 32.6 Å². The summed E-state index contributed by atoms with van der Waals surface area (Å²) in [4.78, 5) is 2.69. The first-order chi connectivity index (χ1) is 9.38. The van der Waals surface area contributed by atoms with Gasteiger partial charge in [0, 0.05) is 31.1 Å². The molecule has 4 atom stereocenters. The minimum absolute atomic E-state index is 0.502. The molecule has 2 aliphatic heterocycles. The maximum atomic E-state index is 5.96. The van der Waals surface area contributed by atoms with E-state index in [4.69, 9.17) is 9.47 Å². The van der Waals surface area contributed by atoms with Crippen molar-refractivity contribution < 1.29 is 9.47 Å². The second-order valence-electron chi connectivity index (χ2n) is 6.22. The first-order valence-electron chi connectivity index (χ1n) is 8.05. The average Bonchev–Trinajstić information content (AvgIpc) is 2.87. The van der Waals surface area contributed by atoms with Gasteiger partial charge in [-0.1, -0.05) is 19.8 Å². The minimum Gasteiger partial charge on any atom is -0.379 e. The molecule has 3 fully saturated rings. The van der Waals surface area contributed by atoms with E-state index in [1.54, 1.807) is 0 Å². The third-order valence-electron chi connectivity index (χ3n) is 4.98. The van der Waals surface area contributed by atoms with Gasteiger partial charge in [0.05, 0.1) is 25.9 Å². The van der Waals surface area contributed by atoms with Crippen LogP contribution in [0.2, 0.25) is 0 Å². The third-order valence-corrected chi connectivity index (χ3v) is 4.98. The van der Waals surface area contributed by atoms with Crippen molar-refractivity contribution in [2.45, 2.75) is 50.8 Å². The first-order valence-corrected chi connectivity index (χ1v) is 8.05. The van der Waals surface area contributed by atoms with Gasteiger partial charge >= 0.3 is 0 Å². The van der Waals surface area contributed by atoms with E-state index in [9.17, 15) is 0 Å². The topological polar surface area (TPSA) is 33.7 Å². The van der Waals surface area contributed by atoms with Gasteiger partial charge in [-0.25, -0.2) is 0 Å². The Morgan fingerprint density at radius 2 is 2.11 bits per heavy atom. The molecule has 0 aromatic carbocycles. The van der Waals surface area contributed by atoms with Gasteiger partial charge < -0.3 is 14.8 Å². The number of morpholine rings is 1. The van der Waals surface area contributed by atoms with E-state index in [1.807, 2.05) is 0 Å². The molecule has 0 aromatic rings. The van der Waals surface area contributed by atoms with Crippen molar-refractivity contribution in [3.8, 4) is 0 Å². The molecule has 19 heavy (non-hydrogen) atoms. The van der Waals surface area contributed by atoms with Crippen LogP contribution in [-0.2, 0) is 9.47 Å². The summed E-state index contributed by atoms with van der Waals surface area (Å²) in [5.74, 6) is 0.653. The van der Waals surface area contributed by atoms with E-state index >= 15 is 0 Å². The monoisotopic (exact) mass is 268 g/mol. The molecule has 110 valence electrons. The highest BCUT2D eigenvalue weighted by Gasteiger charge is 2.37. The maximum Gasteiger partial charge on any atom is 0.0730 e. The van der Waals surface area contributed by atoms with Crippen LogP contribution in [0.25, 0.3) is 0 Å². The standard InChI is InChI=1S/C15H28N2O2/c1-2-16-13-11-18-10-12(13)9-17-7-8-19-15-6-4-3-5-14(15)17/h12-16H,2-11H2,1H3. The van der Waals surface area contributed by atoms with Crippen molar-refractivity contribution in [1.29, 1.82) is 0 Å². The highest BCUT2D eigenvalue weighted by molar-refractivity contribution is 4.91. The van der Waals surface area contributed by atoms with Gasteiger partial charge in [0.15, 0.2) is 0 Å². The Morgan fingerprint density at radius 1 is 1.21 bits per heavy atom. The summed E-state index contributed by atoms with van der Waals surface area (Å²) in [6.45, 7) is 8.24. The van der Waals surface area contributed by atoms with Gasteiger partial charge in [-0.15, -0.1) is 0 Å². The lowest BCUT2D eigenvalue weighted by molar-refractivity contribution is -0.0926. The van der Waals surface area contributed by atoms with Gasteiger partial charge in [-0.3, -0.25) is 4.90 Å². The molecular formula is C15H28N2O2. The normalized spacial score (nSPS) is 40.3. The SMILES string of the molecule is CCNC1COCC1CN1CCOC2CCCCC21. The van der Waals surface area contributed by atoms with Crippen molar-refractivity contribution in [2.24, 2.45) is 5.92 Å². The molecule has 4 heteroatoms. The Hall–Kier alpha value is -0.160. The van der Waals surface area contributed by atoms with Crippen LogP contribution in [0.3, 0.4) is 0 Å². The van der Waals surface area contributed by atoms with Gasteiger partial charge in [0.2, 0.25) is 0 Å². The van der Waals surface area contributed by atoms with Crippen molar-refractivity contribution >= 4 is 0 Å². The minimum atomic E-state index is 0.502. The van der Waals surface area contributed by atoms with Crippen LogP contribution in [0.15, 0.2) is 0 Å². The smallest absolute Gasteiger partial charge is 0.0730 e. The molecule has 0 aromatic heterocycles. The third kappa shape index (κ3) is 3.13. The molecular weight excluding hydrogens is 240 g/mol. The summed E-state index contributed by atoms with van der Waals surface area (Å²) < 4.78 is 11.6. The van der Waals surface area contributed by atoms with E-state index in [2.05, 4.69) is 17.1 Å². The summed E-state index contributed by atoms with van der Waals surface area (Å²) in [5.41, 5.74) is 0. The van der Waals surface area contributed by atoms with Crippen LogP contribution in [0.4, 0.5) is 0 Å². The fourth-order valence-electron chi connectivity index (χ4n) is 3.97. The number of nitrogens with one attached hydrogen (secondary N) is 1. The first kappa shape index (κ1) is 13.8. The summed E-state index contributed by atoms with van der Waals surface area (Å²) in [6.07, 6.45) is 5.81. The maximum absolute atomic E-state index is 5.96. The highest BCUT2D eigenvalue weighted by Crippen LogP contribution is 2.29. The Labute approximate surface area is 116 Å². The van der Waals surface area contributed by atoms with E-state index < -0.39 is 0 Å². The van der Waals surface area contributed by atoms with Gasteiger partial charge in [0.25, 0.3) is 0 Å². The lowest BCUT2D eigenvalue weighted by Crippen LogP contribution is -2.55. The molecule has 0 amide bonds. The zero-order valence-electron chi connectivity index (χ0n) is 12.1. The summed E-state index contributed by atoms with van der Waals surface area (Å²) >= 11 is 0. The fourth-order valence-corrected chi connectivity index (χ4v) is 3.97. The second kappa shape index (κ2) is 6.53. The van der Waals surface area contributed by atoms with Gasteiger partial charge in [-0.2, -0.15) is 0 Å². The Balaban J connectivity index is 1.58. The lowest BCUT2D eigenvalue weighted by Gasteiger charge is -2.45. The van der Waals surface area contributed by atoms with Gasteiger partial charge in [-0.05, 0) is 19.4 Å². The molecule has 1 saturated carbocycles. The number of fused-ring (bicyclic) bond motifs is 1. The molecule has 3 aliphatic rings. The van der Waals surface area contributed by atoms with Gasteiger partial charge in [0.1, 0.15) is 0 Å². The van der Waals surface area contributed by atoms with Crippen molar-refractivity contribution in [2.75, 3.05) is 39.5 Å². The summed E-state index contributed by atoms with van der Waals surface area (Å²) in [5, 5.41) is 3.57. The molecule has 2 heterocycles. The lowest BCUT2D eigenvalue weighted by atomic mass is 9.89. The fraction of sp³-hybridized carbons (Fsp3) is 1.00. The molecule has 0 bridgehead atoms.